The van der Waals surface area contributed by atoms with Crippen molar-refractivity contribution >= 4 is 37.6 Å². The summed E-state index contributed by atoms with van der Waals surface area (Å²) in [6, 6.07) is 11.9. The SMILES string of the molecule is Cc1cccc(N2CCN(S(=O)(=O)CC(=O)Oc3ccc(Br)cc3F)CC2)c1. The molecule has 0 amide bonds. The number of hydrogen-bond donors (Lipinski definition) is 0. The summed E-state index contributed by atoms with van der Waals surface area (Å²) in [5.41, 5.74) is 2.18. The van der Waals surface area contributed by atoms with Crippen molar-refractivity contribution in [1.29, 1.82) is 0 Å². The van der Waals surface area contributed by atoms with Gasteiger partial charge in [0, 0.05) is 36.3 Å². The highest BCUT2D eigenvalue weighted by atomic mass is 79.9. The molecule has 3 rings (SSSR count). The number of benzene rings is 2. The molecule has 2 aromatic rings. The summed E-state index contributed by atoms with van der Waals surface area (Å²) in [5, 5.41) is 0. The van der Waals surface area contributed by atoms with E-state index in [-0.39, 0.29) is 18.8 Å². The molecule has 1 aliphatic rings. The third kappa shape index (κ3) is 5.09. The Labute approximate surface area is 172 Å². The average Bonchev–Trinajstić information content (AvgIpc) is 2.64. The summed E-state index contributed by atoms with van der Waals surface area (Å²) in [5.74, 6) is -2.88. The first kappa shape index (κ1) is 20.8. The van der Waals surface area contributed by atoms with E-state index in [9.17, 15) is 17.6 Å². The number of hydrogen-bond acceptors (Lipinski definition) is 5. The van der Waals surface area contributed by atoms with Crippen molar-refractivity contribution in [2.45, 2.75) is 6.92 Å². The van der Waals surface area contributed by atoms with Gasteiger partial charge in [-0.15, -0.1) is 0 Å². The van der Waals surface area contributed by atoms with Crippen LogP contribution in [0.1, 0.15) is 5.56 Å². The number of ether oxygens (including phenoxy) is 1. The fourth-order valence-corrected chi connectivity index (χ4v) is 4.59. The Hall–Kier alpha value is -1.97. The smallest absolute Gasteiger partial charge is 0.328 e. The van der Waals surface area contributed by atoms with Gasteiger partial charge in [-0.3, -0.25) is 4.79 Å². The van der Waals surface area contributed by atoms with Crippen LogP contribution in [-0.4, -0.2) is 50.6 Å². The molecule has 0 unspecified atom stereocenters. The monoisotopic (exact) mass is 470 g/mol. The molecule has 9 heteroatoms. The maximum absolute atomic E-state index is 13.8. The topological polar surface area (TPSA) is 66.9 Å². The molecule has 1 aliphatic heterocycles. The number of nitrogens with zero attached hydrogens (tertiary/aromatic N) is 2. The van der Waals surface area contributed by atoms with Gasteiger partial charge in [0.05, 0.1) is 0 Å². The van der Waals surface area contributed by atoms with Crippen molar-refractivity contribution in [2.75, 3.05) is 36.8 Å². The zero-order valence-corrected chi connectivity index (χ0v) is 17.7. The van der Waals surface area contributed by atoms with E-state index in [2.05, 4.69) is 20.8 Å². The molecule has 2 aromatic carbocycles. The van der Waals surface area contributed by atoms with Gasteiger partial charge >= 0.3 is 5.97 Å². The Bertz CT molecular complexity index is 976. The lowest BCUT2D eigenvalue weighted by Gasteiger charge is -2.35. The molecular formula is C19H20BrFN2O4S. The highest BCUT2D eigenvalue weighted by Gasteiger charge is 2.30. The van der Waals surface area contributed by atoms with Gasteiger partial charge in [-0.2, -0.15) is 4.31 Å². The molecule has 0 aliphatic carbocycles. The van der Waals surface area contributed by atoms with Crippen LogP contribution in [-0.2, 0) is 14.8 Å². The molecule has 6 nitrogen and oxygen atoms in total. The minimum Gasteiger partial charge on any atom is -0.423 e. The first-order valence-corrected chi connectivity index (χ1v) is 11.1. The Kier molecular flexibility index (Phi) is 6.36. The van der Waals surface area contributed by atoms with Gasteiger partial charge in [-0.05, 0) is 42.8 Å². The highest BCUT2D eigenvalue weighted by molar-refractivity contribution is 9.10. The standard InChI is InChI=1S/C19H20BrFN2O4S/c1-14-3-2-4-16(11-14)22-7-9-23(10-8-22)28(25,26)13-19(24)27-18-6-5-15(20)12-17(18)21/h2-6,11-12H,7-10,13H2,1H3. The average molecular weight is 471 g/mol. The number of aryl methyl sites for hydroxylation is 1. The van der Waals surface area contributed by atoms with Crippen molar-refractivity contribution in [3.63, 3.8) is 0 Å². The Morgan fingerprint density at radius 1 is 1.14 bits per heavy atom. The first-order chi connectivity index (χ1) is 13.2. The number of halogens is 2. The quantitative estimate of drug-likeness (QED) is 0.496. The van der Waals surface area contributed by atoms with E-state index in [4.69, 9.17) is 4.74 Å². The van der Waals surface area contributed by atoms with E-state index in [0.717, 1.165) is 17.3 Å². The molecule has 0 N–H and O–H groups in total. The lowest BCUT2D eigenvalue weighted by molar-refractivity contribution is -0.131. The summed E-state index contributed by atoms with van der Waals surface area (Å²) < 4.78 is 45.5. The number of sulfonamides is 1. The number of carbonyl (C=O) groups is 1. The Morgan fingerprint density at radius 3 is 2.50 bits per heavy atom. The molecule has 1 heterocycles. The van der Waals surface area contributed by atoms with E-state index in [1.54, 1.807) is 0 Å². The highest BCUT2D eigenvalue weighted by Crippen LogP contribution is 2.22. The van der Waals surface area contributed by atoms with Crippen LogP contribution in [0.15, 0.2) is 46.9 Å². The Balaban J connectivity index is 1.58. The second-order valence-corrected chi connectivity index (χ2v) is 9.41. The van der Waals surface area contributed by atoms with E-state index >= 15 is 0 Å². The van der Waals surface area contributed by atoms with Crippen molar-refractivity contribution < 1.29 is 22.3 Å². The Morgan fingerprint density at radius 2 is 1.86 bits per heavy atom. The number of anilines is 1. The molecule has 0 aromatic heterocycles. The predicted octanol–water partition coefficient (Wildman–Crippen LogP) is 2.95. The summed E-state index contributed by atoms with van der Waals surface area (Å²) >= 11 is 3.10. The van der Waals surface area contributed by atoms with Gasteiger partial charge in [0.2, 0.25) is 10.0 Å². The van der Waals surface area contributed by atoms with E-state index < -0.39 is 27.6 Å². The van der Waals surface area contributed by atoms with E-state index in [0.29, 0.717) is 17.6 Å². The molecule has 1 fully saturated rings. The van der Waals surface area contributed by atoms with Gasteiger partial charge in [0.15, 0.2) is 17.3 Å². The molecule has 0 bridgehead atoms. The van der Waals surface area contributed by atoms with Gasteiger partial charge in [0.25, 0.3) is 0 Å². The molecule has 28 heavy (non-hydrogen) atoms. The number of piperazine rings is 1. The zero-order chi connectivity index (χ0) is 20.3. The lowest BCUT2D eigenvalue weighted by atomic mass is 10.2. The van der Waals surface area contributed by atoms with Crippen LogP contribution in [0.5, 0.6) is 5.75 Å². The normalized spacial score (nSPS) is 15.5. The van der Waals surface area contributed by atoms with Crippen LogP contribution >= 0.6 is 15.9 Å². The van der Waals surface area contributed by atoms with Crippen LogP contribution in [0.4, 0.5) is 10.1 Å². The second-order valence-electron chi connectivity index (χ2n) is 6.53. The fraction of sp³-hybridized carbons (Fsp3) is 0.316. The van der Waals surface area contributed by atoms with Crippen molar-refractivity contribution in [2.24, 2.45) is 0 Å². The maximum atomic E-state index is 13.8. The summed E-state index contributed by atoms with van der Waals surface area (Å²) in [6.45, 7) is 3.61. The summed E-state index contributed by atoms with van der Waals surface area (Å²) in [6.07, 6.45) is 0. The fourth-order valence-electron chi connectivity index (χ4n) is 3.00. The van der Waals surface area contributed by atoms with Gasteiger partial charge in [-0.1, -0.05) is 28.1 Å². The van der Waals surface area contributed by atoms with Crippen LogP contribution < -0.4 is 9.64 Å². The zero-order valence-electron chi connectivity index (χ0n) is 15.3. The molecule has 150 valence electrons. The van der Waals surface area contributed by atoms with Gasteiger partial charge in [0.1, 0.15) is 0 Å². The van der Waals surface area contributed by atoms with Gasteiger partial charge < -0.3 is 9.64 Å². The number of rotatable bonds is 5. The van der Waals surface area contributed by atoms with E-state index in [1.165, 1.54) is 16.4 Å². The van der Waals surface area contributed by atoms with Crippen LogP contribution in [0.2, 0.25) is 0 Å². The van der Waals surface area contributed by atoms with Crippen molar-refractivity contribution in [3.05, 3.63) is 58.3 Å². The van der Waals surface area contributed by atoms with Crippen molar-refractivity contribution in [3.8, 4) is 5.75 Å². The minimum absolute atomic E-state index is 0.274. The largest absolute Gasteiger partial charge is 0.423 e. The second kappa shape index (κ2) is 8.59. The molecule has 1 saturated heterocycles. The third-order valence-electron chi connectivity index (χ3n) is 4.42. The third-order valence-corrected chi connectivity index (χ3v) is 6.66. The molecule has 0 spiro atoms. The molecule has 0 radical (unpaired) electrons. The summed E-state index contributed by atoms with van der Waals surface area (Å²) in [7, 11) is -3.84. The minimum atomic E-state index is -3.84. The van der Waals surface area contributed by atoms with Gasteiger partial charge in [-0.25, -0.2) is 12.8 Å². The number of esters is 1. The maximum Gasteiger partial charge on any atom is 0.328 e. The van der Waals surface area contributed by atoms with E-state index in [1.807, 2.05) is 31.2 Å². The summed E-state index contributed by atoms with van der Waals surface area (Å²) in [4.78, 5) is 14.1. The lowest BCUT2D eigenvalue weighted by Crippen LogP contribution is -2.50. The van der Waals surface area contributed by atoms with Crippen LogP contribution in [0.3, 0.4) is 0 Å². The number of carbonyl (C=O) groups excluding carboxylic acids is 1. The van der Waals surface area contributed by atoms with Crippen molar-refractivity contribution in [1.82, 2.24) is 4.31 Å². The predicted molar refractivity (Wildman–Crippen MR) is 108 cm³/mol. The van der Waals surface area contributed by atoms with Crippen LogP contribution in [0.25, 0.3) is 0 Å². The molecule has 0 atom stereocenters. The molecule has 0 saturated carbocycles. The first-order valence-electron chi connectivity index (χ1n) is 8.70. The molecular weight excluding hydrogens is 451 g/mol. The van der Waals surface area contributed by atoms with Crippen LogP contribution in [0, 0.1) is 12.7 Å².